The van der Waals surface area contributed by atoms with Crippen molar-refractivity contribution in [3.8, 4) is 0 Å². The van der Waals surface area contributed by atoms with Gasteiger partial charge in [0.1, 0.15) is 0 Å². The highest BCUT2D eigenvalue weighted by Crippen LogP contribution is 2.39. The molecule has 0 unspecified atom stereocenters. The van der Waals surface area contributed by atoms with E-state index in [0.29, 0.717) is 79.3 Å². The van der Waals surface area contributed by atoms with Gasteiger partial charge >= 0.3 is 8.60 Å². The van der Waals surface area contributed by atoms with Crippen LogP contribution in [0.4, 0.5) is 0 Å². The lowest BCUT2D eigenvalue weighted by atomic mass is 10.6. The van der Waals surface area contributed by atoms with Crippen LogP contribution in [0.25, 0.3) is 0 Å². The third-order valence-corrected chi connectivity index (χ3v) is 5.33. The van der Waals surface area contributed by atoms with Crippen molar-refractivity contribution >= 4 is 8.60 Å². The molecule has 0 rings (SSSR count). The zero-order chi connectivity index (χ0) is 27.4. The van der Waals surface area contributed by atoms with Crippen LogP contribution < -0.4 is 0 Å². The fraction of sp³-hybridized carbons (Fsp3) is 1.00. The number of ether oxygens (including phenoxy) is 9. The van der Waals surface area contributed by atoms with Crippen molar-refractivity contribution in [1.82, 2.24) is 0 Å². The van der Waals surface area contributed by atoms with Crippen LogP contribution in [0.15, 0.2) is 0 Å². The molecule has 0 bridgehead atoms. The van der Waals surface area contributed by atoms with Gasteiger partial charge in [0.05, 0.1) is 59.5 Å². The first-order valence-corrected chi connectivity index (χ1v) is 14.4. The Balaban J connectivity index is 4.37. The summed E-state index contributed by atoms with van der Waals surface area (Å²) in [5, 5.41) is 0. The number of rotatable bonds is 30. The summed E-state index contributed by atoms with van der Waals surface area (Å²) < 4.78 is 66.8. The summed E-state index contributed by atoms with van der Waals surface area (Å²) in [7, 11) is -1.62. The molecule has 0 N–H and O–H groups in total. The lowest BCUT2D eigenvalue weighted by Gasteiger charge is -2.20. The molecule has 224 valence electrons. The van der Waals surface area contributed by atoms with Crippen LogP contribution in [0.5, 0.6) is 0 Å². The van der Waals surface area contributed by atoms with Crippen LogP contribution in [-0.2, 0) is 56.2 Å². The average Bonchev–Trinajstić information content (AvgIpc) is 2.88. The minimum absolute atomic E-state index is 0.284. The van der Waals surface area contributed by atoms with Gasteiger partial charge < -0.3 is 56.2 Å². The fourth-order valence-corrected chi connectivity index (χ4v) is 3.61. The Labute approximate surface area is 224 Å². The van der Waals surface area contributed by atoms with Crippen LogP contribution in [-0.4, -0.2) is 118 Å². The van der Waals surface area contributed by atoms with E-state index in [0.717, 1.165) is 0 Å². The molecule has 0 saturated heterocycles. The molecule has 0 radical (unpaired) electrons. The normalized spacial score (nSPS) is 12.2. The molecular formula is C24H51O12P. The predicted molar refractivity (Wildman–Crippen MR) is 138 cm³/mol. The van der Waals surface area contributed by atoms with E-state index in [1.165, 1.54) is 0 Å². The fourth-order valence-electron chi connectivity index (χ4n) is 2.71. The molecule has 0 fully saturated rings. The van der Waals surface area contributed by atoms with E-state index in [1.54, 1.807) is 0 Å². The first kappa shape index (κ1) is 37.0. The Morgan fingerprint density at radius 1 is 0.378 bits per heavy atom. The standard InChI is InChI=1S/C24H51O12P/c1-7-28-22(29-8-2)19-25-13-16-34-37(35-17-14-26-20-23(30-9-3)31-10-4)36-18-15-27-21-24(32-11-5)33-12-6/h22-24H,7-21H2,1-6H3. The summed E-state index contributed by atoms with van der Waals surface area (Å²) in [6, 6.07) is 0. The number of hydrogen-bond donors (Lipinski definition) is 0. The van der Waals surface area contributed by atoms with Crippen LogP contribution in [0.3, 0.4) is 0 Å². The van der Waals surface area contributed by atoms with Crippen LogP contribution in [0.1, 0.15) is 41.5 Å². The molecule has 13 heteroatoms. The summed E-state index contributed by atoms with van der Waals surface area (Å²) in [4.78, 5) is 0. The van der Waals surface area contributed by atoms with Gasteiger partial charge in [-0.25, -0.2) is 0 Å². The minimum Gasteiger partial charge on any atom is -0.374 e. The lowest BCUT2D eigenvalue weighted by Crippen LogP contribution is -2.25. The van der Waals surface area contributed by atoms with Crippen molar-refractivity contribution in [2.45, 2.75) is 60.4 Å². The summed E-state index contributed by atoms with van der Waals surface area (Å²) in [5.74, 6) is 0. The van der Waals surface area contributed by atoms with Gasteiger partial charge in [0.2, 0.25) is 0 Å². The zero-order valence-corrected chi connectivity index (χ0v) is 24.6. The van der Waals surface area contributed by atoms with Gasteiger partial charge in [-0.3, -0.25) is 0 Å². The van der Waals surface area contributed by atoms with Gasteiger partial charge in [0.15, 0.2) is 18.9 Å². The summed E-state index contributed by atoms with van der Waals surface area (Å²) in [6.45, 7) is 17.6. The number of hydrogen-bond acceptors (Lipinski definition) is 12. The Kier molecular flexibility index (Phi) is 28.9. The monoisotopic (exact) mass is 562 g/mol. The molecule has 0 atom stereocenters. The van der Waals surface area contributed by atoms with Gasteiger partial charge in [0.25, 0.3) is 0 Å². The molecule has 0 aliphatic heterocycles. The van der Waals surface area contributed by atoms with Crippen molar-refractivity contribution in [2.75, 3.05) is 99.1 Å². The first-order valence-electron chi connectivity index (χ1n) is 13.3. The van der Waals surface area contributed by atoms with E-state index in [2.05, 4.69) is 0 Å². The van der Waals surface area contributed by atoms with Crippen molar-refractivity contribution in [1.29, 1.82) is 0 Å². The van der Waals surface area contributed by atoms with E-state index >= 15 is 0 Å². The Hall–Kier alpha value is -0.0500. The van der Waals surface area contributed by atoms with Crippen molar-refractivity contribution in [3.05, 3.63) is 0 Å². The maximum Gasteiger partial charge on any atom is 0.332 e. The second kappa shape index (κ2) is 28.9. The van der Waals surface area contributed by atoms with E-state index in [9.17, 15) is 0 Å². The van der Waals surface area contributed by atoms with Crippen molar-refractivity contribution in [2.24, 2.45) is 0 Å². The Morgan fingerprint density at radius 2 is 0.622 bits per heavy atom. The first-order chi connectivity index (χ1) is 18.1. The van der Waals surface area contributed by atoms with Gasteiger partial charge in [-0.2, -0.15) is 0 Å². The maximum atomic E-state index is 5.76. The van der Waals surface area contributed by atoms with Crippen LogP contribution in [0, 0.1) is 0 Å². The maximum absolute atomic E-state index is 5.76. The highest BCUT2D eigenvalue weighted by Gasteiger charge is 2.15. The summed E-state index contributed by atoms with van der Waals surface area (Å²) in [5.41, 5.74) is 0. The molecule has 0 amide bonds. The third kappa shape index (κ3) is 23.5. The quantitative estimate of drug-likeness (QED) is 0.0726. The topological polar surface area (TPSA) is 111 Å². The lowest BCUT2D eigenvalue weighted by molar-refractivity contribution is -0.169. The molecule has 0 aromatic carbocycles. The molecule has 12 nitrogen and oxygen atoms in total. The molecule has 0 aromatic heterocycles. The molecule has 0 heterocycles. The zero-order valence-electron chi connectivity index (χ0n) is 23.7. The minimum atomic E-state index is -1.62. The Morgan fingerprint density at radius 3 is 0.838 bits per heavy atom. The van der Waals surface area contributed by atoms with E-state index < -0.39 is 27.5 Å². The van der Waals surface area contributed by atoms with Gasteiger partial charge in [0, 0.05) is 39.6 Å². The highest BCUT2D eigenvalue weighted by molar-refractivity contribution is 7.41. The van der Waals surface area contributed by atoms with Gasteiger partial charge in [-0.15, -0.1) is 0 Å². The summed E-state index contributed by atoms with van der Waals surface area (Å²) in [6.07, 6.45) is -1.19. The second-order valence-electron chi connectivity index (χ2n) is 6.97. The largest absolute Gasteiger partial charge is 0.374 e. The van der Waals surface area contributed by atoms with E-state index in [-0.39, 0.29) is 19.8 Å². The molecule has 0 aromatic rings. The van der Waals surface area contributed by atoms with Crippen molar-refractivity contribution in [3.63, 3.8) is 0 Å². The van der Waals surface area contributed by atoms with E-state index in [4.69, 9.17) is 56.2 Å². The van der Waals surface area contributed by atoms with Gasteiger partial charge in [-0.1, -0.05) is 0 Å². The molecule has 0 saturated carbocycles. The highest BCUT2D eigenvalue weighted by atomic mass is 31.2. The van der Waals surface area contributed by atoms with Crippen LogP contribution >= 0.6 is 8.60 Å². The summed E-state index contributed by atoms with van der Waals surface area (Å²) >= 11 is 0. The Bertz CT molecular complexity index is 372. The smallest absolute Gasteiger partial charge is 0.332 e. The molecule has 37 heavy (non-hydrogen) atoms. The van der Waals surface area contributed by atoms with Crippen molar-refractivity contribution < 1.29 is 56.2 Å². The van der Waals surface area contributed by atoms with E-state index in [1.807, 2.05) is 41.5 Å². The molecule has 0 spiro atoms. The SMILES string of the molecule is CCOC(COCCOP(OCCOCC(OCC)OCC)OCCOCC(OCC)OCC)OCC. The second-order valence-corrected chi connectivity index (χ2v) is 8.19. The predicted octanol–water partition coefficient (Wildman–Crippen LogP) is 3.51. The average molecular weight is 563 g/mol. The molecule has 0 aliphatic carbocycles. The molecule has 0 aliphatic rings. The molecular weight excluding hydrogens is 511 g/mol. The van der Waals surface area contributed by atoms with Crippen LogP contribution in [0.2, 0.25) is 0 Å². The van der Waals surface area contributed by atoms with Gasteiger partial charge in [-0.05, 0) is 41.5 Å². The third-order valence-electron chi connectivity index (χ3n) is 4.15.